The summed E-state index contributed by atoms with van der Waals surface area (Å²) in [5, 5.41) is 0. The van der Waals surface area contributed by atoms with Gasteiger partial charge in [0.25, 0.3) is 0 Å². The molecule has 1 nitrogen and oxygen atoms in total. The molecule has 0 aromatic carbocycles. The van der Waals surface area contributed by atoms with E-state index in [9.17, 15) is 0 Å². The number of thiophene rings is 1. The fourth-order valence-corrected chi connectivity index (χ4v) is 3.20. The van der Waals surface area contributed by atoms with Crippen molar-refractivity contribution in [1.29, 1.82) is 0 Å². The second-order valence-corrected chi connectivity index (χ2v) is 4.60. The van der Waals surface area contributed by atoms with E-state index in [2.05, 4.69) is 13.0 Å². The third-order valence-electron chi connectivity index (χ3n) is 2.66. The highest BCUT2D eigenvalue weighted by Gasteiger charge is 2.23. The van der Waals surface area contributed by atoms with Crippen LogP contribution in [0, 0.1) is 0 Å². The van der Waals surface area contributed by atoms with Crippen LogP contribution < -0.4 is 5.73 Å². The molecule has 0 spiro atoms. The predicted molar refractivity (Wildman–Crippen MR) is 53.8 cm³/mol. The summed E-state index contributed by atoms with van der Waals surface area (Å²) in [5.74, 6) is 0.672. The molecule has 1 atom stereocenters. The van der Waals surface area contributed by atoms with Crippen molar-refractivity contribution in [2.75, 3.05) is 6.54 Å². The zero-order valence-corrected chi connectivity index (χ0v) is 8.29. The van der Waals surface area contributed by atoms with Gasteiger partial charge >= 0.3 is 0 Å². The highest BCUT2D eigenvalue weighted by Crippen LogP contribution is 2.38. The van der Waals surface area contributed by atoms with Crippen molar-refractivity contribution in [3.8, 4) is 0 Å². The van der Waals surface area contributed by atoms with Crippen molar-refractivity contribution in [3.63, 3.8) is 0 Å². The largest absolute Gasteiger partial charge is 0.330 e. The molecular formula is C10H15NS. The van der Waals surface area contributed by atoms with Crippen LogP contribution in [0.25, 0.3) is 0 Å². The first-order valence-corrected chi connectivity index (χ1v) is 5.48. The van der Waals surface area contributed by atoms with Crippen LogP contribution in [0.4, 0.5) is 0 Å². The molecular weight excluding hydrogens is 166 g/mol. The minimum Gasteiger partial charge on any atom is -0.330 e. The van der Waals surface area contributed by atoms with Crippen molar-refractivity contribution in [3.05, 3.63) is 21.4 Å². The zero-order valence-electron chi connectivity index (χ0n) is 7.47. The van der Waals surface area contributed by atoms with E-state index in [1.54, 1.807) is 10.4 Å². The van der Waals surface area contributed by atoms with Gasteiger partial charge in [-0.1, -0.05) is 6.92 Å². The van der Waals surface area contributed by atoms with Crippen molar-refractivity contribution in [1.82, 2.24) is 0 Å². The molecule has 1 heterocycles. The number of hydrogen-bond donors (Lipinski definition) is 1. The van der Waals surface area contributed by atoms with Crippen molar-refractivity contribution >= 4 is 11.3 Å². The van der Waals surface area contributed by atoms with Gasteiger partial charge in [-0.3, -0.25) is 0 Å². The summed E-state index contributed by atoms with van der Waals surface area (Å²) in [7, 11) is 0. The maximum atomic E-state index is 5.71. The highest BCUT2D eigenvalue weighted by atomic mass is 32.1. The summed E-state index contributed by atoms with van der Waals surface area (Å²) in [6.45, 7) is 3.05. The molecule has 2 rings (SSSR count). The SMILES string of the molecule is CCc1cc2c(s1)C(CN)CC2. The zero-order chi connectivity index (χ0) is 8.55. The molecule has 1 aliphatic carbocycles. The summed E-state index contributed by atoms with van der Waals surface area (Å²) < 4.78 is 0. The van der Waals surface area contributed by atoms with E-state index in [1.165, 1.54) is 24.1 Å². The van der Waals surface area contributed by atoms with Crippen LogP contribution in [-0.4, -0.2) is 6.54 Å². The number of aryl methyl sites for hydroxylation is 2. The van der Waals surface area contributed by atoms with Crippen LogP contribution in [-0.2, 0) is 12.8 Å². The molecule has 0 saturated carbocycles. The van der Waals surface area contributed by atoms with Gasteiger partial charge in [-0.15, -0.1) is 11.3 Å². The Morgan fingerprint density at radius 3 is 3.17 bits per heavy atom. The Bertz CT molecular complexity index is 277. The lowest BCUT2D eigenvalue weighted by atomic mass is 10.1. The monoisotopic (exact) mass is 181 g/mol. The Morgan fingerprint density at radius 1 is 1.67 bits per heavy atom. The maximum Gasteiger partial charge on any atom is 0.0124 e. The Labute approximate surface area is 77.6 Å². The molecule has 0 saturated heterocycles. The summed E-state index contributed by atoms with van der Waals surface area (Å²) in [4.78, 5) is 3.10. The number of fused-ring (bicyclic) bond motifs is 1. The Kier molecular flexibility index (Phi) is 2.20. The molecule has 12 heavy (non-hydrogen) atoms. The Morgan fingerprint density at radius 2 is 2.50 bits per heavy atom. The summed E-state index contributed by atoms with van der Waals surface area (Å²) >= 11 is 1.97. The lowest BCUT2D eigenvalue weighted by molar-refractivity contribution is 0.695. The van der Waals surface area contributed by atoms with Gasteiger partial charge in [0.2, 0.25) is 0 Å². The van der Waals surface area contributed by atoms with E-state index in [1.807, 2.05) is 11.3 Å². The molecule has 0 fully saturated rings. The van der Waals surface area contributed by atoms with E-state index >= 15 is 0 Å². The van der Waals surface area contributed by atoms with E-state index in [4.69, 9.17) is 5.73 Å². The fraction of sp³-hybridized carbons (Fsp3) is 0.600. The third-order valence-corrected chi connectivity index (χ3v) is 4.14. The molecule has 0 radical (unpaired) electrons. The number of nitrogens with two attached hydrogens (primary N) is 1. The fourth-order valence-electron chi connectivity index (χ4n) is 1.90. The first-order valence-electron chi connectivity index (χ1n) is 4.66. The minimum atomic E-state index is 0.672. The number of rotatable bonds is 2. The van der Waals surface area contributed by atoms with Crippen LogP contribution in [0.2, 0.25) is 0 Å². The molecule has 66 valence electrons. The molecule has 0 aliphatic heterocycles. The summed E-state index contributed by atoms with van der Waals surface area (Å²) in [6.07, 6.45) is 3.71. The lowest BCUT2D eigenvalue weighted by Gasteiger charge is -2.03. The van der Waals surface area contributed by atoms with Gasteiger partial charge < -0.3 is 5.73 Å². The van der Waals surface area contributed by atoms with Gasteiger partial charge in [0, 0.05) is 15.7 Å². The first kappa shape index (κ1) is 8.27. The molecule has 1 aromatic heterocycles. The Hall–Kier alpha value is -0.340. The second kappa shape index (κ2) is 3.19. The quantitative estimate of drug-likeness (QED) is 0.744. The van der Waals surface area contributed by atoms with Crippen molar-refractivity contribution < 1.29 is 0 Å². The molecule has 0 bridgehead atoms. The highest BCUT2D eigenvalue weighted by molar-refractivity contribution is 7.12. The average molecular weight is 181 g/mol. The van der Waals surface area contributed by atoms with E-state index in [0.717, 1.165) is 6.54 Å². The summed E-state index contributed by atoms with van der Waals surface area (Å²) in [6, 6.07) is 2.37. The molecule has 1 unspecified atom stereocenters. The normalized spacial score (nSPS) is 21.3. The van der Waals surface area contributed by atoms with Crippen molar-refractivity contribution in [2.24, 2.45) is 5.73 Å². The van der Waals surface area contributed by atoms with Gasteiger partial charge in [0.15, 0.2) is 0 Å². The van der Waals surface area contributed by atoms with Crippen LogP contribution in [0.5, 0.6) is 0 Å². The standard InChI is InChI=1S/C10H15NS/c1-2-9-5-7-3-4-8(6-11)10(7)12-9/h5,8H,2-4,6,11H2,1H3. The topological polar surface area (TPSA) is 26.0 Å². The number of hydrogen-bond acceptors (Lipinski definition) is 2. The Balaban J connectivity index is 2.31. The van der Waals surface area contributed by atoms with Crippen molar-refractivity contribution in [2.45, 2.75) is 32.1 Å². The minimum absolute atomic E-state index is 0.672. The molecule has 1 aliphatic rings. The first-order chi connectivity index (χ1) is 5.85. The smallest absolute Gasteiger partial charge is 0.0124 e. The summed E-state index contributed by atoms with van der Waals surface area (Å²) in [5.41, 5.74) is 7.28. The van der Waals surface area contributed by atoms with Crippen LogP contribution >= 0.6 is 11.3 Å². The van der Waals surface area contributed by atoms with Gasteiger partial charge in [-0.05, 0) is 37.4 Å². The van der Waals surface area contributed by atoms with Gasteiger partial charge in [-0.25, -0.2) is 0 Å². The van der Waals surface area contributed by atoms with Gasteiger partial charge in [0.1, 0.15) is 0 Å². The van der Waals surface area contributed by atoms with Gasteiger partial charge in [0.05, 0.1) is 0 Å². The molecule has 2 N–H and O–H groups in total. The van der Waals surface area contributed by atoms with E-state index in [-0.39, 0.29) is 0 Å². The molecule has 2 heteroatoms. The third kappa shape index (κ3) is 1.19. The van der Waals surface area contributed by atoms with E-state index < -0.39 is 0 Å². The van der Waals surface area contributed by atoms with Crippen LogP contribution in [0.1, 0.15) is 34.6 Å². The van der Waals surface area contributed by atoms with Crippen LogP contribution in [0.3, 0.4) is 0 Å². The predicted octanol–water partition coefficient (Wildman–Crippen LogP) is 2.30. The average Bonchev–Trinajstić information content (AvgIpc) is 2.61. The molecule has 1 aromatic rings. The molecule has 0 amide bonds. The van der Waals surface area contributed by atoms with Crippen LogP contribution in [0.15, 0.2) is 6.07 Å². The lowest BCUT2D eigenvalue weighted by Crippen LogP contribution is -2.08. The van der Waals surface area contributed by atoms with E-state index in [0.29, 0.717) is 5.92 Å². The van der Waals surface area contributed by atoms with Gasteiger partial charge in [-0.2, -0.15) is 0 Å². The second-order valence-electron chi connectivity index (χ2n) is 3.43. The maximum absolute atomic E-state index is 5.71.